The van der Waals surface area contributed by atoms with E-state index in [4.69, 9.17) is 15.4 Å². The minimum atomic E-state index is -3.19. The van der Waals surface area contributed by atoms with Crippen LogP contribution in [-0.2, 0) is 13.9 Å². The highest BCUT2D eigenvalue weighted by Gasteiger charge is 2.30. The molecule has 0 heterocycles. The summed E-state index contributed by atoms with van der Waals surface area (Å²) in [6.07, 6.45) is 2.12. The average Bonchev–Trinajstić information content (AvgIpc) is 2.38. The second-order valence-corrected chi connectivity index (χ2v) is 6.92. The third kappa shape index (κ3) is 3.79. The molecule has 20 heavy (non-hydrogen) atoms. The zero-order chi connectivity index (χ0) is 15.3. The number of hydrogen-bond acceptors (Lipinski definition) is 4. The van der Waals surface area contributed by atoms with Gasteiger partial charge in [-0.05, 0) is 11.6 Å². The summed E-state index contributed by atoms with van der Waals surface area (Å²) in [5.41, 5.74) is 5.00. The lowest BCUT2D eigenvalue weighted by molar-refractivity contribution is -0.131. The van der Waals surface area contributed by atoms with Crippen molar-refractivity contribution in [1.82, 2.24) is 0 Å². The molecular weight excluding hydrogens is 281 g/mol. The van der Waals surface area contributed by atoms with Crippen molar-refractivity contribution in [3.05, 3.63) is 47.5 Å². The first-order valence-corrected chi connectivity index (χ1v) is 7.86. The molecule has 0 saturated carbocycles. The number of primary amides is 1. The lowest BCUT2D eigenvalue weighted by Gasteiger charge is -2.22. The molecule has 0 aliphatic rings. The molecule has 0 radical (unpaired) electrons. The largest absolute Gasteiger partial charge is 0.478 e. The Kier molecular flexibility index (Phi) is 5.25. The summed E-state index contributed by atoms with van der Waals surface area (Å²) in [4.78, 5) is 22.1. The maximum absolute atomic E-state index is 12.5. The highest BCUT2D eigenvalue weighted by Crippen LogP contribution is 2.57. The Balaban J connectivity index is 3.42. The number of carbonyl (C=O) groups is 2. The Labute approximate surface area is 116 Å². The maximum atomic E-state index is 12.5. The summed E-state index contributed by atoms with van der Waals surface area (Å²) in [6, 6.07) is 6.34. The molecule has 0 aliphatic heterocycles. The summed E-state index contributed by atoms with van der Waals surface area (Å²) in [5.74, 6) is -1.85. The Morgan fingerprint density at radius 1 is 1.40 bits per heavy atom. The van der Waals surface area contributed by atoms with Crippen LogP contribution in [0.1, 0.15) is 21.6 Å². The van der Waals surface area contributed by atoms with Crippen LogP contribution in [0, 0.1) is 0 Å². The molecule has 1 aromatic carbocycles. The van der Waals surface area contributed by atoms with E-state index in [0.29, 0.717) is 5.56 Å². The lowest BCUT2D eigenvalue weighted by atomic mass is 10.0. The highest BCUT2D eigenvalue weighted by molar-refractivity contribution is 7.58. The lowest BCUT2D eigenvalue weighted by Crippen LogP contribution is -2.15. The van der Waals surface area contributed by atoms with Gasteiger partial charge in [0, 0.05) is 25.4 Å². The predicted molar refractivity (Wildman–Crippen MR) is 75.0 cm³/mol. The van der Waals surface area contributed by atoms with E-state index in [9.17, 15) is 14.2 Å². The second-order valence-electron chi connectivity index (χ2n) is 4.18. The quantitative estimate of drug-likeness (QED) is 0.617. The molecule has 2 unspecified atom stereocenters. The molecule has 0 saturated heterocycles. The van der Waals surface area contributed by atoms with Crippen LogP contribution >= 0.6 is 7.37 Å². The third-order valence-corrected chi connectivity index (χ3v) is 5.02. The van der Waals surface area contributed by atoms with Crippen molar-refractivity contribution in [3.63, 3.8) is 0 Å². The fraction of sp³-hybridized carbons (Fsp3) is 0.231. The first-order chi connectivity index (χ1) is 9.29. The Morgan fingerprint density at radius 3 is 2.50 bits per heavy atom. The molecule has 2 atom stereocenters. The van der Waals surface area contributed by atoms with Crippen LogP contribution in [-0.4, -0.2) is 30.8 Å². The van der Waals surface area contributed by atoms with Crippen molar-refractivity contribution in [3.8, 4) is 0 Å². The number of benzene rings is 1. The molecule has 6 nitrogen and oxygen atoms in total. The van der Waals surface area contributed by atoms with Gasteiger partial charge in [-0.1, -0.05) is 24.3 Å². The number of nitrogens with two attached hydrogens (primary N) is 1. The van der Waals surface area contributed by atoms with Gasteiger partial charge in [0.2, 0.25) is 13.3 Å². The van der Waals surface area contributed by atoms with Gasteiger partial charge in [0.1, 0.15) is 0 Å². The molecular formula is C13H16NO5P. The summed E-state index contributed by atoms with van der Waals surface area (Å²) < 4.78 is 17.4. The van der Waals surface area contributed by atoms with Crippen molar-refractivity contribution in [2.45, 2.75) is 5.66 Å². The number of rotatable bonds is 6. The van der Waals surface area contributed by atoms with Gasteiger partial charge in [-0.15, -0.1) is 0 Å². The average molecular weight is 297 g/mol. The monoisotopic (exact) mass is 297 g/mol. The topological polar surface area (TPSA) is 107 Å². The fourth-order valence-corrected chi connectivity index (χ4v) is 3.14. The second kappa shape index (κ2) is 6.50. The molecule has 0 fully saturated rings. The van der Waals surface area contributed by atoms with Gasteiger partial charge in [-0.25, -0.2) is 4.79 Å². The van der Waals surface area contributed by atoms with Crippen LogP contribution in [0.15, 0.2) is 36.4 Å². The Morgan fingerprint density at radius 2 is 2.00 bits per heavy atom. The minimum Gasteiger partial charge on any atom is -0.478 e. The Bertz CT molecular complexity index is 596. The van der Waals surface area contributed by atoms with E-state index in [-0.39, 0.29) is 5.56 Å². The number of aliphatic carboxylic acids is 1. The molecule has 1 aromatic rings. The normalized spacial score (nSPS) is 15.7. The van der Waals surface area contributed by atoms with Crippen molar-refractivity contribution in [2.24, 2.45) is 5.73 Å². The molecule has 0 aliphatic carbocycles. The molecule has 1 amide bonds. The van der Waals surface area contributed by atoms with Gasteiger partial charge in [0.15, 0.2) is 0 Å². The highest BCUT2D eigenvalue weighted by atomic mass is 31.2. The van der Waals surface area contributed by atoms with Crippen molar-refractivity contribution in [2.75, 3.05) is 13.8 Å². The molecule has 7 heteroatoms. The number of carboxylic acid groups (broad SMARTS) is 1. The van der Waals surface area contributed by atoms with E-state index in [1.54, 1.807) is 18.2 Å². The van der Waals surface area contributed by atoms with Crippen molar-refractivity contribution in [1.29, 1.82) is 0 Å². The smallest absolute Gasteiger partial charge is 0.328 e. The molecule has 108 valence electrons. The molecule has 0 aromatic heterocycles. The van der Waals surface area contributed by atoms with Gasteiger partial charge in [-0.3, -0.25) is 9.36 Å². The number of amides is 1. The van der Waals surface area contributed by atoms with E-state index in [0.717, 1.165) is 6.08 Å². The van der Waals surface area contributed by atoms with Gasteiger partial charge >= 0.3 is 5.97 Å². The number of carbonyl (C=O) groups excluding carboxylic acids is 1. The number of carboxylic acids is 1. The fourth-order valence-electron chi connectivity index (χ4n) is 1.78. The van der Waals surface area contributed by atoms with Crippen LogP contribution in [0.3, 0.4) is 0 Å². The van der Waals surface area contributed by atoms with E-state index in [1.165, 1.54) is 25.9 Å². The molecule has 1 rings (SSSR count). The van der Waals surface area contributed by atoms with Gasteiger partial charge in [0.05, 0.1) is 5.66 Å². The maximum Gasteiger partial charge on any atom is 0.328 e. The molecule has 0 spiro atoms. The summed E-state index contributed by atoms with van der Waals surface area (Å²) in [5, 5.41) is 8.72. The van der Waals surface area contributed by atoms with Crippen molar-refractivity contribution < 1.29 is 23.8 Å². The number of allylic oxidation sites excluding steroid dienone is 1. The van der Waals surface area contributed by atoms with E-state index in [1.807, 2.05) is 0 Å². The van der Waals surface area contributed by atoms with Crippen LogP contribution in [0.4, 0.5) is 0 Å². The zero-order valence-corrected chi connectivity index (χ0v) is 12.0. The third-order valence-electron chi connectivity index (χ3n) is 2.83. The molecule has 3 N–H and O–H groups in total. The minimum absolute atomic E-state index is 0.187. The van der Waals surface area contributed by atoms with Crippen LogP contribution in [0.25, 0.3) is 0 Å². The zero-order valence-electron chi connectivity index (χ0n) is 11.1. The first kappa shape index (κ1) is 16.1. The van der Waals surface area contributed by atoms with Gasteiger partial charge in [-0.2, -0.15) is 0 Å². The molecule has 0 bridgehead atoms. The predicted octanol–water partition coefficient (Wildman–Crippen LogP) is 2.02. The van der Waals surface area contributed by atoms with Crippen LogP contribution in [0.5, 0.6) is 0 Å². The van der Waals surface area contributed by atoms with Gasteiger partial charge < -0.3 is 15.4 Å². The Hall–Kier alpha value is -1.91. The summed E-state index contributed by atoms with van der Waals surface area (Å²) in [7, 11) is -1.91. The van der Waals surface area contributed by atoms with Crippen LogP contribution in [0.2, 0.25) is 0 Å². The van der Waals surface area contributed by atoms with E-state index in [2.05, 4.69) is 0 Å². The first-order valence-electron chi connectivity index (χ1n) is 5.72. The van der Waals surface area contributed by atoms with Crippen LogP contribution < -0.4 is 5.73 Å². The summed E-state index contributed by atoms with van der Waals surface area (Å²) >= 11 is 0. The summed E-state index contributed by atoms with van der Waals surface area (Å²) in [6.45, 7) is 1.38. The van der Waals surface area contributed by atoms with E-state index >= 15 is 0 Å². The SMILES string of the molecule is COP(C)(=O)C(C=CC(=O)O)c1ccccc1C(N)=O. The number of hydrogen-bond donors (Lipinski definition) is 2. The standard InChI is InChI=1S/C13H16NO5P/c1-19-20(2,18)11(7-8-12(15)16)9-5-3-4-6-10(9)13(14)17/h3-8,11H,1-2H3,(H2,14,17)(H,15,16). The van der Waals surface area contributed by atoms with Crippen molar-refractivity contribution >= 4 is 19.2 Å². The van der Waals surface area contributed by atoms with E-state index < -0.39 is 24.9 Å². The van der Waals surface area contributed by atoms with Gasteiger partial charge in [0.25, 0.3) is 0 Å².